The molecule has 0 radical (unpaired) electrons. The van der Waals surface area contributed by atoms with Crippen LogP contribution in [0, 0.1) is 5.92 Å². The summed E-state index contributed by atoms with van der Waals surface area (Å²) in [4.78, 5) is 8.90. The molecule has 0 unspecified atom stereocenters. The van der Waals surface area contributed by atoms with Gasteiger partial charge in [-0.25, -0.2) is 9.67 Å². The monoisotopic (exact) mass is 353 g/mol. The average Bonchev–Trinajstić information content (AvgIpc) is 3.11. The van der Waals surface area contributed by atoms with Gasteiger partial charge in [-0.15, -0.1) is 0 Å². The van der Waals surface area contributed by atoms with Crippen molar-refractivity contribution in [1.29, 1.82) is 0 Å². The molecule has 1 saturated carbocycles. The van der Waals surface area contributed by atoms with Gasteiger partial charge in [0.05, 0.1) is 24.4 Å². The fraction of sp³-hybridized carbons (Fsp3) is 0.421. The number of aromatic nitrogens is 4. The standard InChI is InChI=1S/C19H23N5O2/c25-12-14-1-4-15-11-22-24(17(15)9-14)18-7-8-20-19(23-18)21-10-13-2-5-16(26)6-3-13/h1,4,7-9,11,13,16,25-26H,2-3,5-6,10,12H2,(H,20,21,23). The molecule has 0 bridgehead atoms. The molecule has 1 aliphatic rings. The fourth-order valence-electron chi connectivity index (χ4n) is 3.48. The lowest BCUT2D eigenvalue weighted by molar-refractivity contribution is 0.111. The molecule has 1 fully saturated rings. The molecule has 0 aliphatic heterocycles. The van der Waals surface area contributed by atoms with Gasteiger partial charge in [0, 0.05) is 24.2 Å². The van der Waals surface area contributed by atoms with Crippen molar-refractivity contribution in [3.8, 4) is 5.82 Å². The van der Waals surface area contributed by atoms with Crippen LogP contribution in [0.4, 0.5) is 5.95 Å². The molecule has 1 aliphatic carbocycles. The normalized spacial score (nSPS) is 20.4. The molecule has 26 heavy (non-hydrogen) atoms. The highest BCUT2D eigenvalue weighted by molar-refractivity contribution is 5.80. The van der Waals surface area contributed by atoms with Gasteiger partial charge in [-0.3, -0.25) is 0 Å². The molecule has 3 aromatic rings. The Bertz CT molecular complexity index is 887. The Morgan fingerprint density at radius 2 is 2.00 bits per heavy atom. The molecular formula is C19H23N5O2. The van der Waals surface area contributed by atoms with E-state index in [1.807, 2.05) is 24.3 Å². The summed E-state index contributed by atoms with van der Waals surface area (Å²) in [5.41, 5.74) is 1.74. The molecule has 0 amide bonds. The maximum Gasteiger partial charge on any atom is 0.224 e. The van der Waals surface area contributed by atoms with Gasteiger partial charge < -0.3 is 15.5 Å². The van der Waals surface area contributed by atoms with Crippen molar-refractivity contribution in [2.24, 2.45) is 5.92 Å². The van der Waals surface area contributed by atoms with E-state index in [1.165, 1.54) is 0 Å². The molecule has 0 saturated heterocycles. The first-order valence-electron chi connectivity index (χ1n) is 9.06. The zero-order valence-corrected chi connectivity index (χ0v) is 14.5. The maximum absolute atomic E-state index is 9.61. The summed E-state index contributed by atoms with van der Waals surface area (Å²) in [6.07, 6.45) is 7.18. The second-order valence-corrected chi connectivity index (χ2v) is 6.90. The molecule has 0 atom stereocenters. The van der Waals surface area contributed by atoms with Crippen molar-refractivity contribution in [3.63, 3.8) is 0 Å². The molecule has 3 N–H and O–H groups in total. The van der Waals surface area contributed by atoms with Crippen molar-refractivity contribution in [1.82, 2.24) is 19.7 Å². The predicted octanol–water partition coefficient (Wildman–Crippen LogP) is 2.27. The molecular weight excluding hydrogens is 330 g/mol. The lowest BCUT2D eigenvalue weighted by Crippen LogP contribution is -2.24. The van der Waals surface area contributed by atoms with Crippen LogP contribution in [0.2, 0.25) is 0 Å². The third kappa shape index (κ3) is 3.54. The van der Waals surface area contributed by atoms with Crippen LogP contribution in [0.25, 0.3) is 16.7 Å². The number of hydrogen-bond acceptors (Lipinski definition) is 6. The van der Waals surface area contributed by atoms with E-state index in [1.54, 1.807) is 17.1 Å². The second-order valence-electron chi connectivity index (χ2n) is 6.90. The van der Waals surface area contributed by atoms with Gasteiger partial charge in [-0.05, 0) is 43.2 Å². The van der Waals surface area contributed by atoms with Crippen LogP contribution < -0.4 is 5.32 Å². The van der Waals surface area contributed by atoms with Crippen LogP contribution in [0.1, 0.15) is 31.2 Å². The molecule has 7 nitrogen and oxygen atoms in total. The van der Waals surface area contributed by atoms with Crippen LogP contribution in [0.15, 0.2) is 36.7 Å². The quantitative estimate of drug-likeness (QED) is 0.651. The van der Waals surface area contributed by atoms with Gasteiger partial charge >= 0.3 is 0 Å². The lowest BCUT2D eigenvalue weighted by Gasteiger charge is -2.25. The fourth-order valence-corrected chi connectivity index (χ4v) is 3.48. The number of nitrogens with one attached hydrogen (secondary N) is 1. The van der Waals surface area contributed by atoms with E-state index in [4.69, 9.17) is 0 Å². The molecule has 2 aromatic heterocycles. The van der Waals surface area contributed by atoms with Crippen LogP contribution in [-0.2, 0) is 6.61 Å². The Hall–Kier alpha value is -2.51. The highest BCUT2D eigenvalue weighted by Gasteiger charge is 2.19. The number of hydrogen-bond donors (Lipinski definition) is 3. The average molecular weight is 353 g/mol. The third-order valence-electron chi connectivity index (χ3n) is 5.04. The molecule has 4 rings (SSSR count). The Balaban J connectivity index is 1.52. The Morgan fingerprint density at radius 1 is 1.15 bits per heavy atom. The molecule has 136 valence electrons. The molecule has 7 heteroatoms. The first-order chi connectivity index (χ1) is 12.7. The van der Waals surface area contributed by atoms with E-state index >= 15 is 0 Å². The molecule has 2 heterocycles. The van der Waals surface area contributed by atoms with Gasteiger partial charge in [-0.2, -0.15) is 10.1 Å². The highest BCUT2D eigenvalue weighted by Crippen LogP contribution is 2.24. The Labute approximate surface area is 151 Å². The SMILES string of the molecule is OCc1ccc2cnn(-c3ccnc(NCC4CCC(O)CC4)n3)c2c1. The smallest absolute Gasteiger partial charge is 0.224 e. The lowest BCUT2D eigenvalue weighted by atomic mass is 9.87. The number of anilines is 1. The zero-order chi connectivity index (χ0) is 17.9. The topological polar surface area (TPSA) is 96.1 Å². The van der Waals surface area contributed by atoms with E-state index in [0.717, 1.165) is 48.7 Å². The number of rotatable bonds is 5. The summed E-state index contributed by atoms with van der Waals surface area (Å²) in [6, 6.07) is 7.58. The summed E-state index contributed by atoms with van der Waals surface area (Å²) in [7, 11) is 0. The maximum atomic E-state index is 9.61. The summed E-state index contributed by atoms with van der Waals surface area (Å²) < 4.78 is 1.76. The van der Waals surface area contributed by atoms with E-state index in [9.17, 15) is 10.2 Å². The van der Waals surface area contributed by atoms with E-state index < -0.39 is 0 Å². The minimum Gasteiger partial charge on any atom is -0.393 e. The van der Waals surface area contributed by atoms with E-state index in [-0.39, 0.29) is 12.7 Å². The number of aliphatic hydroxyl groups is 2. The second kappa shape index (κ2) is 7.39. The van der Waals surface area contributed by atoms with Crippen molar-refractivity contribution in [3.05, 3.63) is 42.2 Å². The van der Waals surface area contributed by atoms with Crippen LogP contribution >= 0.6 is 0 Å². The van der Waals surface area contributed by atoms with Gasteiger partial charge in [0.15, 0.2) is 5.82 Å². The first-order valence-corrected chi connectivity index (χ1v) is 9.06. The van der Waals surface area contributed by atoms with Crippen LogP contribution in [0.3, 0.4) is 0 Å². The highest BCUT2D eigenvalue weighted by atomic mass is 16.3. The van der Waals surface area contributed by atoms with Crippen molar-refractivity contribution in [2.45, 2.75) is 38.4 Å². The van der Waals surface area contributed by atoms with Crippen molar-refractivity contribution >= 4 is 16.9 Å². The van der Waals surface area contributed by atoms with E-state index in [2.05, 4.69) is 20.4 Å². The molecule has 1 aromatic carbocycles. The van der Waals surface area contributed by atoms with Crippen molar-refractivity contribution < 1.29 is 10.2 Å². The Morgan fingerprint density at radius 3 is 2.81 bits per heavy atom. The molecule has 0 spiro atoms. The minimum atomic E-state index is -0.136. The van der Waals surface area contributed by atoms with Gasteiger partial charge in [-0.1, -0.05) is 12.1 Å². The first kappa shape index (κ1) is 16.9. The van der Waals surface area contributed by atoms with Gasteiger partial charge in [0.1, 0.15) is 0 Å². The zero-order valence-electron chi connectivity index (χ0n) is 14.5. The van der Waals surface area contributed by atoms with Crippen LogP contribution in [-0.4, -0.2) is 42.6 Å². The number of aliphatic hydroxyl groups excluding tert-OH is 2. The predicted molar refractivity (Wildman–Crippen MR) is 99.0 cm³/mol. The van der Waals surface area contributed by atoms with Crippen LogP contribution in [0.5, 0.6) is 0 Å². The van der Waals surface area contributed by atoms with E-state index in [0.29, 0.717) is 17.7 Å². The number of nitrogens with zero attached hydrogens (tertiary/aromatic N) is 4. The van der Waals surface area contributed by atoms with Crippen molar-refractivity contribution in [2.75, 3.05) is 11.9 Å². The van der Waals surface area contributed by atoms with Gasteiger partial charge in [0.2, 0.25) is 5.95 Å². The minimum absolute atomic E-state index is 0.00617. The largest absolute Gasteiger partial charge is 0.393 e. The third-order valence-corrected chi connectivity index (χ3v) is 5.04. The number of fused-ring (bicyclic) bond motifs is 1. The summed E-state index contributed by atoms with van der Waals surface area (Å²) >= 11 is 0. The summed E-state index contributed by atoms with van der Waals surface area (Å²) in [5.74, 6) is 1.81. The number of benzene rings is 1. The summed E-state index contributed by atoms with van der Waals surface area (Å²) in [5, 5.41) is 27.7. The Kier molecular flexibility index (Phi) is 4.81. The van der Waals surface area contributed by atoms with Gasteiger partial charge in [0.25, 0.3) is 0 Å². The summed E-state index contributed by atoms with van der Waals surface area (Å²) in [6.45, 7) is 0.804.